The zero-order chi connectivity index (χ0) is 15.9. The molecule has 1 saturated heterocycles. The van der Waals surface area contributed by atoms with E-state index in [1.807, 2.05) is 12.1 Å². The molecular formula is C16H25ClN2O3. The first-order chi connectivity index (χ1) is 10.6. The molecule has 0 saturated carbocycles. The highest BCUT2D eigenvalue weighted by molar-refractivity contribution is 6.32. The number of aliphatic hydroxyl groups is 1. The van der Waals surface area contributed by atoms with Crippen molar-refractivity contribution in [2.24, 2.45) is 0 Å². The number of aliphatic hydroxyl groups excluding tert-OH is 1. The Labute approximate surface area is 137 Å². The molecule has 0 radical (unpaired) electrons. The summed E-state index contributed by atoms with van der Waals surface area (Å²) >= 11 is 6.18. The smallest absolute Gasteiger partial charge is 0.179 e. The van der Waals surface area contributed by atoms with Crippen LogP contribution in [0.3, 0.4) is 0 Å². The largest absolute Gasteiger partial charge is 0.493 e. The van der Waals surface area contributed by atoms with Crippen molar-refractivity contribution in [1.82, 2.24) is 10.2 Å². The van der Waals surface area contributed by atoms with Gasteiger partial charge in [-0.3, -0.25) is 0 Å². The third-order valence-electron chi connectivity index (χ3n) is 3.87. The molecule has 0 amide bonds. The fraction of sp³-hybridized carbons (Fsp3) is 0.625. The molecule has 0 aliphatic carbocycles. The quantitative estimate of drug-likeness (QED) is 0.763. The lowest BCUT2D eigenvalue weighted by atomic mass is 10.2. The number of hydrogen-bond donors (Lipinski definition) is 2. The van der Waals surface area contributed by atoms with Gasteiger partial charge in [-0.05, 0) is 43.6 Å². The maximum absolute atomic E-state index is 10.1. The number of benzene rings is 1. The van der Waals surface area contributed by atoms with Crippen molar-refractivity contribution >= 4 is 11.6 Å². The van der Waals surface area contributed by atoms with Gasteiger partial charge >= 0.3 is 0 Å². The molecule has 22 heavy (non-hydrogen) atoms. The van der Waals surface area contributed by atoms with Crippen LogP contribution in [-0.2, 0) is 6.54 Å². The van der Waals surface area contributed by atoms with Crippen molar-refractivity contribution in [1.29, 1.82) is 0 Å². The molecule has 0 spiro atoms. The monoisotopic (exact) mass is 328 g/mol. The summed E-state index contributed by atoms with van der Waals surface area (Å²) in [5.41, 5.74) is 0.996. The number of β-amino-alcohol motifs (C(OH)–C–C–N with tert-alkyl or cyclic N) is 1. The molecule has 1 aromatic rings. The summed E-state index contributed by atoms with van der Waals surface area (Å²) in [5, 5.41) is 13.8. The predicted octanol–water partition coefficient (Wildman–Crippen LogP) is 1.90. The second-order valence-electron chi connectivity index (χ2n) is 5.61. The van der Waals surface area contributed by atoms with Crippen LogP contribution in [-0.4, -0.2) is 56.5 Å². The van der Waals surface area contributed by atoms with Gasteiger partial charge < -0.3 is 24.8 Å². The standard InChI is InChI=1S/C16H25ClN2O3/c1-21-15-8-12(7-14(17)16(15)22-2)9-18-10-13(20)11-19-5-3-4-6-19/h7-8,13,18,20H,3-6,9-11H2,1-2H3. The first kappa shape index (κ1) is 17.3. The molecule has 0 aromatic heterocycles. The van der Waals surface area contributed by atoms with E-state index >= 15 is 0 Å². The van der Waals surface area contributed by atoms with Gasteiger partial charge in [0.15, 0.2) is 11.5 Å². The van der Waals surface area contributed by atoms with E-state index in [9.17, 15) is 5.11 Å². The Hall–Kier alpha value is -1.01. The average molecular weight is 329 g/mol. The van der Waals surface area contributed by atoms with E-state index in [2.05, 4.69) is 10.2 Å². The van der Waals surface area contributed by atoms with Gasteiger partial charge in [-0.1, -0.05) is 11.6 Å². The maximum atomic E-state index is 10.1. The summed E-state index contributed by atoms with van der Waals surface area (Å²) in [6.45, 7) is 4.12. The van der Waals surface area contributed by atoms with Crippen LogP contribution >= 0.6 is 11.6 Å². The molecule has 6 heteroatoms. The van der Waals surface area contributed by atoms with E-state index in [0.717, 1.165) is 25.2 Å². The molecule has 0 bridgehead atoms. The Bertz CT molecular complexity index is 479. The highest BCUT2D eigenvalue weighted by atomic mass is 35.5. The van der Waals surface area contributed by atoms with Crippen molar-refractivity contribution < 1.29 is 14.6 Å². The minimum Gasteiger partial charge on any atom is -0.493 e. The highest BCUT2D eigenvalue weighted by Crippen LogP contribution is 2.35. The second kappa shape index (κ2) is 8.58. The molecule has 1 fully saturated rings. The van der Waals surface area contributed by atoms with Gasteiger partial charge in [0.25, 0.3) is 0 Å². The highest BCUT2D eigenvalue weighted by Gasteiger charge is 2.15. The first-order valence-corrected chi connectivity index (χ1v) is 8.03. The summed E-state index contributed by atoms with van der Waals surface area (Å²) < 4.78 is 10.5. The average Bonchev–Trinajstić information content (AvgIpc) is 2.99. The van der Waals surface area contributed by atoms with E-state index in [1.54, 1.807) is 14.2 Å². The SMILES string of the molecule is COc1cc(CNCC(O)CN2CCCC2)cc(Cl)c1OC. The van der Waals surface area contributed by atoms with Gasteiger partial charge in [0.05, 0.1) is 25.3 Å². The Balaban J connectivity index is 1.82. The number of ether oxygens (including phenoxy) is 2. The number of rotatable bonds is 8. The summed E-state index contributed by atoms with van der Waals surface area (Å²) in [6, 6.07) is 3.74. The van der Waals surface area contributed by atoms with E-state index in [-0.39, 0.29) is 6.10 Å². The first-order valence-electron chi connectivity index (χ1n) is 7.65. The van der Waals surface area contributed by atoms with Gasteiger partial charge in [0.1, 0.15) is 0 Å². The van der Waals surface area contributed by atoms with Gasteiger partial charge in [-0.25, -0.2) is 0 Å². The van der Waals surface area contributed by atoms with Gasteiger partial charge in [-0.2, -0.15) is 0 Å². The number of nitrogens with one attached hydrogen (secondary N) is 1. The third-order valence-corrected chi connectivity index (χ3v) is 4.15. The van der Waals surface area contributed by atoms with Gasteiger partial charge in [0, 0.05) is 19.6 Å². The fourth-order valence-electron chi connectivity index (χ4n) is 2.78. The summed E-state index contributed by atoms with van der Waals surface area (Å²) in [4.78, 5) is 2.31. The predicted molar refractivity (Wildman–Crippen MR) is 87.9 cm³/mol. The number of hydrogen-bond acceptors (Lipinski definition) is 5. The Morgan fingerprint density at radius 1 is 1.27 bits per heavy atom. The molecule has 1 unspecified atom stereocenters. The molecule has 1 aromatic carbocycles. The summed E-state index contributed by atoms with van der Waals surface area (Å²) in [7, 11) is 3.15. The van der Waals surface area contributed by atoms with Crippen molar-refractivity contribution in [3.05, 3.63) is 22.7 Å². The maximum Gasteiger partial charge on any atom is 0.179 e. The second-order valence-corrected chi connectivity index (χ2v) is 6.01. The minimum absolute atomic E-state index is 0.353. The Morgan fingerprint density at radius 3 is 2.64 bits per heavy atom. The number of methoxy groups -OCH3 is 2. The lowest BCUT2D eigenvalue weighted by molar-refractivity contribution is 0.123. The minimum atomic E-state index is -0.353. The summed E-state index contributed by atoms with van der Waals surface area (Å²) in [6.07, 6.45) is 2.13. The number of nitrogens with zero attached hydrogens (tertiary/aromatic N) is 1. The van der Waals surface area contributed by atoms with Crippen molar-refractivity contribution in [3.63, 3.8) is 0 Å². The van der Waals surface area contributed by atoms with Crippen LogP contribution < -0.4 is 14.8 Å². The van der Waals surface area contributed by atoms with Crippen LogP contribution in [0.5, 0.6) is 11.5 Å². The lowest BCUT2D eigenvalue weighted by Gasteiger charge is -2.19. The molecule has 5 nitrogen and oxygen atoms in total. The molecule has 1 aliphatic rings. The van der Waals surface area contributed by atoms with Crippen LogP contribution in [0.2, 0.25) is 5.02 Å². The summed E-state index contributed by atoms with van der Waals surface area (Å²) in [5.74, 6) is 1.16. The lowest BCUT2D eigenvalue weighted by Crippen LogP contribution is -2.36. The van der Waals surface area contributed by atoms with Crippen molar-refractivity contribution in [3.8, 4) is 11.5 Å². The normalized spacial score (nSPS) is 16.7. The Morgan fingerprint density at radius 2 is 2.00 bits per heavy atom. The third kappa shape index (κ3) is 4.74. The van der Waals surface area contributed by atoms with E-state index in [1.165, 1.54) is 12.8 Å². The number of likely N-dealkylation sites (tertiary alicyclic amines) is 1. The van der Waals surface area contributed by atoms with Crippen molar-refractivity contribution in [2.45, 2.75) is 25.5 Å². The van der Waals surface area contributed by atoms with Crippen LogP contribution in [0.1, 0.15) is 18.4 Å². The molecule has 1 aliphatic heterocycles. The van der Waals surface area contributed by atoms with Gasteiger partial charge in [0.2, 0.25) is 0 Å². The zero-order valence-electron chi connectivity index (χ0n) is 13.3. The van der Waals surface area contributed by atoms with Crippen LogP contribution in [0.25, 0.3) is 0 Å². The molecule has 2 rings (SSSR count). The van der Waals surface area contributed by atoms with E-state index in [0.29, 0.717) is 29.6 Å². The molecule has 124 valence electrons. The van der Waals surface area contributed by atoms with Gasteiger partial charge in [-0.15, -0.1) is 0 Å². The molecular weight excluding hydrogens is 304 g/mol. The molecule has 1 atom stereocenters. The van der Waals surface area contributed by atoms with Crippen LogP contribution in [0, 0.1) is 0 Å². The van der Waals surface area contributed by atoms with E-state index < -0.39 is 0 Å². The van der Waals surface area contributed by atoms with E-state index in [4.69, 9.17) is 21.1 Å². The molecule has 1 heterocycles. The fourth-order valence-corrected chi connectivity index (χ4v) is 3.09. The van der Waals surface area contributed by atoms with Crippen molar-refractivity contribution in [2.75, 3.05) is 40.4 Å². The topological polar surface area (TPSA) is 54.0 Å². The molecule has 2 N–H and O–H groups in total. The van der Waals surface area contributed by atoms with Crippen LogP contribution in [0.4, 0.5) is 0 Å². The zero-order valence-corrected chi connectivity index (χ0v) is 14.0. The number of halogens is 1. The van der Waals surface area contributed by atoms with Crippen LogP contribution in [0.15, 0.2) is 12.1 Å². The Kier molecular flexibility index (Phi) is 6.76.